The van der Waals surface area contributed by atoms with Crippen molar-refractivity contribution in [1.29, 1.82) is 0 Å². The average Bonchev–Trinajstić information content (AvgIpc) is 3.47. The minimum absolute atomic E-state index is 0.0326. The second-order valence-electron chi connectivity index (χ2n) is 13.7. The van der Waals surface area contributed by atoms with Gasteiger partial charge in [0.15, 0.2) is 0 Å². The Morgan fingerprint density at radius 3 is 2.18 bits per heavy atom. The Morgan fingerprint density at radius 2 is 1.65 bits per heavy atom. The number of likely N-dealkylation sites (tertiary alicyclic amines) is 1. The number of hydrogen-bond acceptors (Lipinski definition) is 9. The number of carbonyl (C=O) groups is 4. The molecule has 1 aromatic rings. The van der Waals surface area contributed by atoms with Gasteiger partial charge in [0.05, 0.1) is 67.5 Å². The highest BCUT2D eigenvalue weighted by atomic mass is 16.5. The van der Waals surface area contributed by atoms with E-state index in [1.165, 1.54) is 14.2 Å². The van der Waals surface area contributed by atoms with Gasteiger partial charge < -0.3 is 46.1 Å². The van der Waals surface area contributed by atoms with Gasteiger partial charge in [-0.15, -0.1) is 0 Å². The van der Waals surface area contributed by atoms with Crippen molar-refractivity contribution in [3.05, 3.63) is 35.9 Å². The van der Waals surface area contributed by atoms with E-state index < -0.39 is 54.6 Å². The molecule has 0 bridgehead atoms. The molecule has 0 aromatic heterocycles. The fourth-order valence-electron chi connectivity index (χ4n) is 6.97. The fourth-order valence-corrected chi connectivity index (χ4v) is 6.97. The molecule has 1 saturated heterocycles. The molecule has 10 unspecified atom stereocenters. The maximum Gasteiger partial charge on any atom is 0.242 e. The summed E-state index contributed by atoms with van der Waals surface area (Å²) in [6.45, 7) is 11.2. The minimum Gasteiger partial charge on any atom is -0.386 e. The van der Waals surface area contributed by atoms with Crippen LogP contribution in [0.3, 0.4) is 0 Å². The number of rotatable bonds is 19. The number of methoxy groups -OCH3 is 2. The molecule has 13 heteroatoms. The van der Waals surface area contributed by atoms with Crippen LogP contribution in [0.15, 0.2) is 30.3 Å². The first-order valence-corrected chi connectivity index (χ1v) is 17.5. The Morgan fingerprint density at radius 1 is 1.02 bits per heavy atom. The number of nitrogens with one attached hydrogen (secondary N) is 3. The van der Waals surface area contributed by atoms with Gasteiger partial charge in [-0.2, -0.15) is 0 Å². The first kappa shape index (κ1) is 42.1. The van der Waals surface area contributed by atoms with E-state index in [4.69, 9.17) is 15.2 Å². The zero-order valence-electron chi connectivity index (χ0n) is 31.1. The van der Waals surface area contributed by atoms with E-state index in [9.17, 15) is 24.3 Å². The van der Waals surface area contributed by atoms with Crippen LogP contribution in [0.4, 0.5) is 0 Å². The highest BCUT2D eigenvalue weighted by Gasteiger charge is 2.45. The first-order valence-electron chi connectivity index (χ1n) is 17.5. The normalized spacial score (nSPS) is 21.2. The van der Waals surface area contributed by atoms with Crippen LogP contribution in [-0.2, 0) is 28.7 Å². The Balaban J connectivity index is 2.19. The lowest BCUT2D eigenvalue weighted by Gasteiger charge is -2.40. The van der Waals surface area contributed by atoms with Gasteiger partial charge in [-0.1, -0.05) is 71.4 Å². The summed E-state index contributed by atoms with van der Waals surface area (Å²) in [6.07, 6.45) is -1.06. The lowest BCUT2D eigenvalue weighted by molar-refractivity contribution is -0.147. The Kier molecular flexibility index (Phi) is 17.1. The lowest BCUT2D eigenvalue weighted by Crippen LogP contribution is -2.57. The monoisotopic (exact) mass is 690 g/mol. The zero-order chi connectivity index (χ0) is 37.0. The van der Waals surface area contributed by atoms with Gasteiger partial charge in [0.25, 0.3) is 0 Å². The molecule has 13 nitrogen and oxygen atoms in total. The maximum atomic E-state index is 14.1. The van der Waals surface area contributed by atoms with Gasteiger partial charge in [0.2, 0.25) is 23.6 Å². The zero-order valence-corrected chi connectivity index (χ0v) is 31.1. The molecule has 0 spiro atoms. The van der Waals surface area contributed by atoms with Gasteiger partial charge in [-0.3, -0.25) is 19.2 Å². The topological polar surface area (TPSA) is 176 Å². The molecule has 49 heavy (non-hydrogen) atoms. The highest BCUT2D eigenvalue weighted by molar-refractivity contribution is 5.87. The number of nitrogens with two attached hydrogens (primary N) is 1. The molecule has 1 heterocycles. The van der Waals surface area contributed by atoms with Gasteiger partial charge >= 0.3 is 0 Å². The van der Waals surface area contributed by atoms with Crippen LogP contribution in [0.5, 0.6) is 0 Å². The van der Waals surface area contributed by atoms with Crippen LogP contribution in [0.2, 0.25) is 0 Å². The highest BCUT2D eigenvalue weighted by Crippen LogP contribution is 2.31. The number of benzene rings is 1. The van der Waals surface area contributed by atoms with E-state index in [1.54, 1.807) is 49.9 Å². The van der Waals surface area contributed by atoms with Gasteiger partial charge in [0, 0.05) is 21.3 Å². The molecular weight excluding hydrogens is 628 g/mol. The van der Waals surface area contributed by atoms with Crippen LogP contribution in [-0.4, -0.2) is 116 Å². The second-order valence-corrected chi connectivity index (χ2v) is 13.7. The smallest absolute Gasteiger partial charge is 0.242 e. The van der Waals surface area contributed by atoms with Crippen molar-refractivity contribution in [2.24, 2.45) is 23.5 Å². The van der Waals surface area contributed by atoms with E-state index in [2.05, 4.69) is 16.0 Å². The van der Waals surface area contributed by atoms with E-state index in [-0.39, 0.29) is 48.4 Å². The number of carbonyl (C=O) groups excluding carboxylic acids is 4. The van der Waals surface area contributed by atoms with Crippen LogP contribution in [0.25, 0.3) is 0 Å². The molecule has 2 rings (SSSR count). The van der Waals surface area contributed by atoms with Crippen molar-refractivity contribution < 1.29 is 33.8 Å². The molecule has 0 radical (unpaired) electrons. The largest absolute Gasteiger partial charge is 0.386 e. The minimum atomic E-state index is -0.896. The summed E-state index contributed by atoms with van der Waals surface area (Å²) < 4.78 is 11.8. The number of ether oxygens (including phenoxy) is 2. The van der Waals surface area contributed by atoms with Crippen molar-refractivity contribution in [3.8, 4) is 0 Å². The Hall–Kier alpha value is -3.10. The maximum absolute atomic E-state index is 14.1. The standard InChI is InChI=1S/C36H62N6O7/c1-11-22(4)32(41(8)30(44)20-39-36(47)31(38-7)21(2)3)27(48-9)19-29(43)42-26(17-18-28(42)37)34(49-10)23(5)35(46)40-24(6)33(45)25-15-13-12-14-16-25/h12-16,21-24,26-28,31-34,38,45H,11,17-20,37H2,1-10H3,(H,39,47)(H,40,46). The molecule has 1 aliphatic heterocycles. The van der Waals surface area contributed by atoms with E-state index in [0.29, 0.717) is 18.4 Å². The molecule has 0 saturated carbocycles. The third-order valence-corrected chi connectivity index (χ3v) is 10.1. The van der Waals surface area contributed by atoms with Gasteiger partial charge in [-0.25, -0.2) is 0 Å². The second kappa shape index (κ2) is 19.9. The molecule has 0 aliphatic carbocycles. The number of aliphatic hydroxyl groups is 1. The number of likely N-dealkylation sites (N-methyl/N-ethyl adjacent to an activating group) is 2. The molecule has 1 fully saturated rings. The summed E-state index contributed by atoms with van der Waals surface area (Å²) in [5.74, 6) is -1.78. The van der Waals surface area contributed by atoms with Crippen LogP contribution in [0.1, 0.15) is 78.9 Å². The van der Waals surface area contributed by atoms with Gasteiger partial charge in [-0.05, 0) is 44.2 Å². The summed E-state index contributed by atoms with van der Waals surface area (Å²) in [6, 6.07) is 7.18. The lowest BCUT2D eigenvalue weighted by atomic mass is 9.90. The van der Waals surface area contributed by atoms with E-state index in [1.807, 2.05) is 45.9 Å². The summed E-state index contributed by atoms with van der Waals surface area (Å²) in [7, 11) is 6.41. The number of aliphatic hydroxyl groups excluding tert-OH is 1. The first-order chi connectivity index (χ1) is 23.1. The third-order valence-electron chi connectivity index (χ3n) is 10.1. The SMILES string of the molecule is CCC(C)C(C(CC(=O)N1C(N)CCC1C(OC)C(C)C(=O)NC(C)C(O)c1ccccc1)OC)N(C)C(=O)CNC(=O)C(NC)C(C)C. The van der Waals surface area contributed by atoms with Gasteiger partial charge in [0.1, 0.15) is 0 Å². The molecule has 1 aliphatic rings. The molecule has 10 atom stereocenters. The molecular formula is C36H62N6O7. The van der Waals surface area contributed by atoms with Crippen molar-refractivity contribution in [2.45, 2.75) is 116 Å². The fraction of sp³-hybridized carbons (Fsp3) is 0.722. The number of hydrogen-bond donors (Lipinski definition) is 5. The average molecular weight is 691 g/mol. The summed E-state index contributed by atoms with van der Waals surface area (Å²) in [5.41, 5.74) is 7.19. The predicted molar refractivity (Wildman–Crippen MR) is 189 cm³/mol. The third kappa shape index (κ3) is 10.9. The quantitative estimate of drug-likeness (QED) is 0.145. The molecule has 1 aromatic carbocycles. The Bertz CT molecular complexity index is 1200. The predicted octanol–water partition coefficient (Wildman–Crippen LogP) is 1.79. The summed E-state index contributed by atoms with van der Waals surface area (Å²) in [4.78, 5) is 56.7. The van der Waals surface area contributed by atoms with E-state index >= 15 is 0 Å². The van der Waals surface area contributed by atoms with Crippen molar-refractivity contribution in [2.75, 3.05) is 34.9 Å². The number of amides is 4. The summed E-state index contributed by atoms with van der Waals surface area (Å²) in [5, 5.41) is 19.4. The van der Waals surface area contributed by atoms with Crippen LogP contribution < -0.4 is 21.7 Å². The van der Waals surface area contributed by atoms with E-state index in [0.717, 1.165) is 6.42 Å². The van der Waals surface area contributed by atoms with Crippen molar-refractivity contribution in [1.82, 2.24) is 25.8 Å². The molecule has 278 valence electrons. The van der Waals surface area contributed by atoms with Crippen LogP contribution >= 0.6 is 0 Å². The van der Waals surface area contributed by atoms with Crippen molar-refractivity contribution >= 4 is 23.6 Å². The molecule has 6 N–H and O–H groups in total. The number of nitrogens with zero attached hydrogens (tertiary/aromatic N) is 2. The molecule has 4 amide bonds. The van der Waals surface area contributed by atoms with Crippen molar-refractivity contribution in [3.63, 3.8) is 0 Å². The summed E-state index contributed by atoms with van der Waals surface area (Å²) >= 11 is 0. The Labute approximate surface area is 293 Å². The van der Waals surface area contributed by atoms with Crippen LogP contribution in [0, 0.1) is 17.8 Å².